The van der Waals surface area contributed by atoms with Crippen LogP contribution in [0.1, 0.15) is 17.5 Å². The first-order chi connectivity index (χ1) is 9.47. The number of furan rings is 1. The summed E-state index contributed by atoms with van der Waals surface area (Å²) < 4.78 is 5.18. The van der Waals surface area contributed by atoms with E-state index in [0.717, 1.165) is 0 Å². The van der Waals surface area contributed by atoms with Gasteiger partial charge in [0, 0.05) is 13.0 Å². The van der Waals surface area contributed by atoms with E-state index >= 15 is 0 Å². The fraction of sp³-hybridized carbons (Fsp3) is 0.0769. The molecule has 0 unspecified atom stereocenters. The molecule has 1 aromatic carbocycles. The first-order valence-corrected chi connectivity index (χ1v) is 6.36. The van der Waals surface area contributed by atoms with Crippen molar-refractivity contribution in [3.63, 3.8) is 0 Å². The Bertz CT molecular complexity index is 667. The van der Waals surface area contributed by atoms with Gasteiger partial charge in [0.1, 0.15) is 0 Å². The van der Waals surface area contributed by atoms with Gasteiger partial charge in [-0.05, 0) is 18.2 Å². The molecule has 2 N–H and O–H groups in total. The number of hydrogen-bond donors (Lipinski definition) is 2. The Morgan fingerprint density at radius 3 is 2.55 bits per heavy atom. The van der Waals surface area contributed by atoms with Crippen molar-refractivity contribution in [3.8, 4) is 0 Å². The molecule has 0 aliphatic carbocycles. The normalized spacial score (nSPS) is 10.2. The minimum atomic E-state index is -0.495. The lowest BCUT2D eigenvalue weighted by Crippen LogP contribution is -2.11. The number of carbonyl (C=O) groups is 2. The summed E-state index contributed by atoms with van der Waals surface area (Å²) in [6.07, 6.45) is 0. The number of anilines is 2. The van der Waals surface area contributed by atoms with Gasteiger partial charge in [0.15, 0.2) is 11.6 Å². The Balaban J connectivity index is 2.14. The highest BCUT2D eigenvalue weighted by atomic mass is 35.5. The van der Waals surface area contributed by atoms with Gasteiger partial charge in [0.25, 0.3) is 5.91 Å². The molecule has 0 aliphatic heterocycles. The van der Waals surface area contributed by atoms with Crippen LogP contribution < -0.4 is 10.6 Å². The Kier molecular flexibility index (Phi) is 4.32. The average Bonchev–Trinajstić information content (AvgIpc) is 2.82. The molecular weight excluding hydrogens is 303 g/mol. The van der Waals surface area contributed by atoms with Crippen molar-refractivity contribution in [3.05, 3.63) is 46.1 Å². The predicted octanol–water partition coefficient (Wildman–Crippen LogP) is 3.80. The molecule has 2 amide bonds. The number of nitrogens with one attached hydrogen (secondary N) is 2. The lowest BCUT2D eigenvalue weighted by molar-refractivity contribution is -0.114. The second kappa shape index (κ2) is 5.98. The topological polar surface area (TPSA) is 71.3 Å². The van der Waals surface area contributed by atoms with E-state index in [-0.39, 0.29) is 22.6 Å². The van der Waals surface area contributed by atoms with Gasteiger partial charge in [-0.1, -0.05) is 29.3 Å². The highest BCUT2D eigenvalue weighted by Gasteiger charge is 2.14. The van der Waals surface area contributed by atoms with E-state index in [1.807, 2.05) is 0 Å². The van der Waals surface area contributed by atoms with E-state index < -0.39 is 5.91 Å². The quantitative estimate of drug-likeness (QED) is 0.905. The Morgan fingerprint density at radius 1 is 1.10 bits per heavy atom. The summed E-state index contributed by atoms with van der Waals surface area (Å²) in [6.45, 7) is 1.34. The molecule has 0 aliphatic rings. The highest BCUT2D eigenvalue weighted by molar-refractivity contribution is 6.44. The third-order valence-corrected chi connectivity index (χ3v) is 3.15. The van der Waals surface area contributed by atoms with Crippen molar-refractivity contribution in [1.82, 2.24) is 0 Å². The second-order valence-electron chi connectivity index (χ2n) is 3.90. The van der Waals surface area contributed by atoms with Crippen molar-refractivity contribution in [1.29, 1.82) is 0 Å². The minimum absolute atomic E-state index is 0.0461. The van der Waals surface area contributed by atoms with E-state index in [4.69, 9.17) is 27.6 Å². The average molecular weight is 313 g/mol. The molecule has 0 spiro atoms. The number of benzene rings is 1. The standard InChI is InChI=1S/C13H10Cl2N2O3/c1-7(18)16-11-6-5-10(20-11)13(19)17-9-4-2-3-8(14)12(9)15/h2-6H,1H3,(H,16,18)(H,17,19). The maximum atomic E-state index is 12.0. The van der Waals surface area contributed by atoms with Crippen molar-refractivity contribution >= 4 is 46.6 Å². The van der Waals surface area contributed by atoms with Gasteiger partial charge in [-0.2, -0.15) is 0 Å². The fourth-order valence-electron chi connectivity index (χ4n) is 1.48. The molecule has 7 heteroatoms. The van der Waals surface area contributed by atoms with Crippen LogP contribution in [0.4, 0.5) is 11.6 Å². The number of halogens is 2. The number of hydrogen-bond acceptors (Lipinski definition) is 3. The summed E-state index contributed by atoms with van der Waals surface area (Å²) in [5.41, 5.74) is 0.377. The molecule has 0 saturated heterocycles. The van der Waals surface area contributed by atoms with Crippen LogP contribution in [0.3, 0.4) is 0 Å². The van der Waals surface area contributed by atoms with Crippen LogP contribution in [0.2, 0.25) is 10.0 Å². The van der Waals surface area contributed by atoms with E-state index in [9.17, 15) is 9.59 Å². The summed E-state index contributed by atoms with van der Waals surface area (Å²) in [5, 5.41) is 5.59. The molecule has 0 bridgehead atoms. The lowest BCUT2D eigenvalue weighted by Gasteiger charge is -2.06. The fourth-order valence-corrected chi connectivity index (χ4v) is 1.83. The molecule has 2 aromatic rings. The summed E-state index contributed by atoms with van der Waals surface area (Å²) in [4.78, 5) is 22.8. The summed E-state index contributed by atoms with van der Waals surface area (Å²) in [6, 6.07) is 7.81. The highest BCUT2D eigenvalue weighted by Crippen LogP contribution is 2.30. The van der Waals surface area contributed by atoms with Crippen LogP contribution in [0.5, 0.6) is 0 Å². The monoisotopic (exact) mass is 312 g/mol. The molecule has 0 atom stereocenters. The van der Waals surface area contributed by atoms with E-state index in [1.54, 1.807) is 18.2 Å². The summed E-state index contributed by atoms with van der Waals surface area (Å²) in [5.74, 6) is -0.542. The van der Waals surface area contributed by atoms with Gasteiger partial charge in [-0.15, -0.1) is 0 Å². The van der Waals surface area contributed by atoms with Crippen molar-refractivity contribution in [2.24, 2.45) is 0 Å². The van der Waals surface area contributed by atoms with Gasteiger partial charge in [-0.25, -0.2) is 0 Å². The Hall–Kier alpha value is -1.98. The third-order valence-electron chi connectivity index (χ3n) is 2.33. The van der Waals surface area contributed by atoms with Gasteiger partial charge >= 0.3 is 0 Å². The number of rotatable bonds is 3. The molecule has 20 heavy (non-hydrogen) atoms. The van der Waals surface area contributed by atoms with Crippen LogP contribution in [0.15, 0.2) is 34.7 Å². The van der Waals surface area contributed by atoms with Gasteiger partial charge in [0.2, 0.25) is 5.91 Å². The maximum Gasteiger partial charge on any atom is 0.291 e. The Morgan fingerprint density at radius 2 is 1.85 bits per heavy atom. The van der Waals surface area contributed by atoms with Crippen molar-refractivity contribution in [2.75, 3.05) is 10.6 Å². The molecule has 0 saturated carbocycles. The van der Waals surface area contributed by atoms with Crippen molar-refractivity contribution < 1.29 is 14.0 Å². The molecule has 5 nitrogen and oxygen atoms in total. The minimum Gasteiger partial charge on any atom is -0.435 e. The smallest absolute Gasteiger partial charge is 0.291 e. The number of amides is 2. The van der Waals surface area contributed by atoms with Crippen LogP contribution in [0, 0.1) is 0 Å². The summed E-state index contributed by atoms with van der Waals surface area (Å²) >= 11 is 11.8. The zero-order chi connectivity index (χ0) is 14.7. The molecule has 0 radical (unpaired) electrons. The zero-order valence-electron chi connectivity index (χ0n) is 10.4. The van der Waals surface area contributed by atoms with Crippen LogP contribution in [0.25, 0.3) is 0 Å². The maximum absolute atomic E-state index is 12.0. The number of carbonyl (C=O) groups excluding carboxylic acids is 2. The summed E-state index contributed by atoms with van der Waals surface area (Å²) in [7, 11) is 0. The largest absolute Gasteiger partial charge is 0.435 e. The lowest BCUT2D eigenvalue weighted by atomic mass is 10.3. The zero-order valence-corrected chi connectivity index (χ0v) is 11.9. The predicted molar refractivity (Wildman–Crippen MR) is 77.4 cm³/mol. The van der Waals surface area contributed by atoms with Crippen LogP contribution in [-0.2, 0) is 4.79 Å². The molecule has 1 aromatic heterocycles. The Labute approximate surface area is 124 Å². The molecule has 2 rings (SSSR count). The van der Waals surface area contributed by atoms with Crippen molar-refractivity contribution in [2.45, 2.75) is 6.92 Å². The molecule has 0 fully saturated rings. The third kappa shape index (κ3) is 3.31. The molecule has 104 valence electrons. The van der Waals surface area contributed by atoms with Gasteiger partial charge in [-0.3, -0.25) is 14.9 Å². The molecular formula is C13H10Cl2N2O3. The van der Waals surface area contributed by atoms with Gasteiger partial charge < -0.3 is 9.73 Å². The van der Waals surface area contributed by atoms with Crippen LogP contribution in [-0.4, -0.2) is 11.8 Å². The van der Waals surface area contributed by atoms with E-state index in [1.165, 1.54) is 19.1 Å². The second-order valence-corrected chi connectivity index (χ2v) is 4.69. The van der Waals surface area contributed by atoms with E-state index in [0.29, 0.717) is 10.7 Å². The van der Waals surface area contributed by atoms with Gasteiger partial charge in [0.05, 0.1) is 15.7 Å². The van der Waals surface area contributed by atoms with Crippen LogP contribution >= 0.6 is 23.2 Å². The first-order valence-electron chi connectivity index (χ1n) is 5.60. The first kappa shape index (κ1) is 14.4. The SMILES string of the molecule is CC(=O)Nc1ccc(C(=O)Nc2cccc(Cl)c2Cl)o1. The molecule has 1 heterocycles. The van der Waals surface area contributed by atoms with E-state index in [2.05, 4.69) is 10.6 Å².